The third-order valence-corrected chi connectivity index (χ3v) is 5.33. The van der Waals surface area contributed by atoms with Gasteiger partial charge in [-0.1, -0.05) is 30.3 Å². The zero-order chi connectivity index (χ0) is 21.8. The zero-order valence-electron chi connectivity index (χ0n) is 18.3. The molecule has 0 fully saturated rings. The van der Waals surface area contributed by atoms with Crippen LogP contribution in [0.1, 0.15) is 12.6 Å². The molecule has 0 spiro atoms. The molecule has 0 unspecified atom stereocenters. The Bertz CT molecular complexity index is 1030. The third kappa shape index (κ3) is 4.88. The van der Waals surface area contributed by atoms with Crippen LogP contribution in [0.15, 0.2) is 60.7 Å². The minimum atomic E-state index is -0.0804. The molecule has 0 radical (unpaired) electrons. The predicted octanol–water partition coefficient (Wildman–Crippen LogP) is 3.34. The van der Waals surface area contributed by atoms with Crippen LogP contribution in [0, 0.1) is 6.92 Å². The van der Waals surface area contributed by atoms with Gasteiger partial charge in [0.2, 0.25) is 5.91 Å². The van der Waals surface area contributed by atoms with Gasteiger partial charge in [0.1, 0.15) is 17.7 Å². The number of rotatable bonds is 7. The maximum absolute atomic E-state index is 12.7. The molecule has 1 amide bonds. The molecule has 7 heteroatoms. The van der Waals surface area contributed by atoms with Gasteiger partial charge in [-0.3, -0.25) is 9.69 Å². The average molecular weight is 420 g/mol. The fourth-order valence-electron chi connectivity index (χ4n) is 3.97. The third-order valence-electron chi connectivity index (χ3n) is 5.33. The average Bonchev–Trinajstić information content (AvgIpc) is 3.13. The van der Waals surface area contributed by atoms with E-state index in [-0.39, 0.29) is 18.6 Å². The maximum Gasteiger partial charge on any atom is 0.239 e. The number of hydrogen-bond donors (Lipinski definition) is 1. The van der Waals surface area contributed by atoms with E-state index in [1.54, 1.807) is 4.68 Å². The summed E-state index contributed by atoms with van der Waals surface area (Å²) in [6.45, 7) is 6.72. The fraction of sp³-hybridized carbons (Fsp3) is 0.333. The summed E-state index contributed by atoms with van der Waals surface area (Å²) in [6.07, 6.45) is 0.00439. The summed E-state index contributed by atoms with van der Waals surface area (Å²) in [6, 6.07) is 19.8. The Balaban J connectivity index is 1.37. The summed E-state index contributed by atoms with van der Waals surface area (Å²) in [4.78, 5) is 17.0. The molecule has 0 saturated carbocycles. The number of carbonyl (C=O) groups excluding carboxylic acids is 1. The Morgan fingerprint density at radius 3 is 2.71 bits per heavy atom. The Morgan fingerprint density at radius 1 is 1.19 bits per heavy atom. The molecule has 1 N–H and O–H groups in total. The van der Waals surface area contributed by atoms with Crippen LogP contribution in [0.2, 0.25) is 0 Å². The normalized spacial score (nSPS) is 15.5. The summed E-state index contributed by atoms with van der Waals surface area (Å²) in [5.41, 5.74) is 2.89. The molecule has 0 aliphatic carbocycles. The molecule has 2 aromatic carbocycles. The molecule has 1 aromatic heterocycles. The van der Waals surface area contributed by atoms with Crippen molar-refractivity contribution in [2.24, 2.45) is 0 Å². The summed E-state index contributed by atoms with van der Waals surface area (Å²) < 4.78 is 7.94. The molecule has 31 heavy (non-hydrogen) atoms. The van der Waals surface area contributed by atoms with Gasteiger partial charge >= 0.3 is 0 Å². The summed E-state index contributed by atoms with van der Waals surface area (Å²) in [5.74, 6) is 1.49. The number of hydrogen-bond acceptors (Lipinski definition) is 5. The van der Waals surface area contributed by atoms with Gasteiger partial charge in [0.05, 0.1) is 30.2 Å². The van der Waals surface area contributed by atoms with Gasteiger partial charge < -0.3 is 15.0 Å². The topological polar surface area (TPSA) is 62.6 Å². The highest BCUT2D eigenvalue weighted by Gasteiger charge is 2.26. The van der Waals surface area contributed by atoms with E-state index >= 15 is 0 Å². The Kier molecular flexibility index (Phi) is 6.23. The van der Waals surface area contributed by atoms with Crippen molar-refractivity contribution in [2.75, 3.05) is 43.4 Å². The van der Waals surface area contributed by atoms with E-state index in [4.69, 9.17) is 4.74 Å². The Morgan fingerprint density at radius 2 is 1.94 bits per heavy atom. The molecule has 2 heterocycles. The summed E-state index contributed by atoms with van der Waals surface area (Å²) >= 11 is 0. The van der Waals surface area contributed by atoms with Gasteiger partial charge in [-0.05, 0) is 45.2 Å². The van der Waals surface area contributed by atoms with Gasteiger partial charge in [0, 0.05) is 19.2 Å². The number of nitrogens with one attached hydrogen (secondary N) is 1. The van der Waals surface area contributed by atoms with E-state index in [9.17, 15) is 4.79 Å². The van der Waals surface area contributed by atoms with Crippen molar-refractivity contribution in [3.63, 3.8) is 0 Å². The number of carbonyl (C=O) groups is 1. The molecule has 162 valence electrons. The molecule has 0 bridgehead atoms. The second kappa shape index (κ2) is 9.22. The molecule has 4 rings (SSSR count). The van der Waals surface area contributed by atoms with Crippen LogP contribution in [0.3, 0.4) is 0 Å². The minimum Gasteiger partial charge on any atom is -0.485 e. The second-order valence-corrected chi connectivity index (χ2v) is 7.91. The van der Waals surface area contributed by atoms with Crippen LogP contribution < -0.4 is 15.0 Å². The zero-order valence-corrected chi connectivity index (χ0v) is 18.3. The van der Waals surface area contributed by atoms with Gasteiger partial charge in [0.25, 0.3) is 0 Å². The number of benzene rings is 2. The largest absolute Gasteiger partial charge is 0.485 e. The molecule has 1 aliphatic heterocycles. The quantitative estimate of drug-likeness (QED) is 0.636. The van der Waals surface area contributed by atoms with Crippen molar-refractivity contribution >= 4 is 17.4 Å². The van der Waals surface area contributed by atoms with Crippen molar-refractivity contribution in [1.29, 1.82) is 0 Å². The number of fused-ring (bicyclic) bond motifs is 1. The number of nitrogens with zero attached hydrogens (tertiary/aromatic N) is 4. The van der Waals surface area contributed by atoms with Crippen LogP contribution in [0.4, 0.5) is 11.5 Å². The predicted molar refractivity (Wildman–Crippen MR) is 123 cm³/mol. The van der Waals surface area contributed by atoms with Gasteiger partial charge in [-0.15, -0.1) is 0 Å². The van der Waals surface area contributed by atoms with Crippen molar-refractivity contribution in [3.8, 4) is 11.4 Å². The van der Waals surface area contributed by atoms with Crippen LogP contribution in [-0.4, -0.2) is 59.9 Å². The highest BCUT2D eigenvalue weighted by molar-refractivity contribution is 5.91. The van der Waals surface area contributed by atoms with Crippen molar-refractivity contribution in [2.45, 2.75) is 20.0 Å². The number of aryl methyl sites for hydroxylation is 1. The molecule has 7 nitrogen and oxygen atoms in total. The molecular formula is C24H29N5O2. The number of amides is 1. The molecule has 1 atom stereocenters. The molecule has 0 saturated heterocycles. The second-order valence-electron chi connectivity index (χ2n) is 7.91. The first-order valence-corrected chi connectivity index (χ1v) is 10.6. The lowest BCUT2D eigenvalue weighted by Gasteiger charge is -2.37. The van der Waals surface area contributed by atoms with Gasteiger partial charge in [0.15, 0.2) is 0 Å². The Hall–Kier alpha value is -3.32. The number of aromatic nitrogens is 2. The maximum atomic E-state index is 12.7. The monoisotopic (exact) mass is 419 g/mol. The summed E-state index contributed by atoms with van der Waals surface area (Å²) in [5, 5.41) is 7.51. The Labute approximate surface area is 183 Å². The van der Waals surface area contributed by atoms with Crippen LogP contribution >= 0.6 is 0 Å². The first kappa shape index (κ1) is 20.9. The molecular weight excluding hydrogens is 390 g/mol. The number of anilines is 2. The van der Waals surface area contributed by atoms with E-state index in [1.807, 2.05) is 73.5 Å². The number of ether oxygens (including phenoxy) is 1. The molecule has 3 aromatic rings. The van der Waals surface area contributed by atoms with Gasteiger partial charge in [-0.25, -0.2) is 4.68 Å². The minimum absolute atomic E-state index is 0.00439. The SMILES string of the molecule is CCN1C[C@H](CN(C)CC(=O)Nc2cc(C)nn2-c2ccccc2)Oc2ccccc21. The van der Waals surface area contributed by atoms with Gasteiger partial charge in [-0.2, -0.15) is 5.10 Å². The standard InChI is InChI=1S/C24H29N5O2/c1-4-28-16-20(31-22-13-9-8-12-21(22)28)15-27(3)17-24(30)25-23-14-18(2)26-29(23)19-10-6-5-7-11-19/h5-14,20H,4,15-17H2,1-3H3,(H,25,30)/t20-/m0/s1. The highest BCUT2D eigenvalue weighted by Crippen LogP contribution is 2.32. The van der Waals surface area contributed by atoms with Crippen LogP contribution in [0.5, 0.6) is 5.75 Å². The fourth-order valence-corrected chi connectivity index (χ4v) is 3.97. The van der Waals surface area contributed by atoms with E-state index in [0.29, 0.717) is 12.4 Å². The first-order valence-electron chi connectivity index (χ1n) is 10.6. The lowest BCUT2D eigenvalue weighted by Crippen LogP contribution is -2.46. The van der Waals surface area contributed by atoms with E-state index in [0.717, 1.165) is 35.9 Å². The van der Waals surface area contributed by atoms with E-state index in [1.165, 1.54) is 0 Å². The lowest BCUT2D eigenvalue weighted by atomic mass is 10.2. The van der Waals surface area contributed by atoms with E-state index < -0.39 is 0 Å². The number of para-hydroxylation sites is 3. The van der Waals surface area contributed by atoms with Crippen molar-refractivity contribution in [1.82, 2.24) is 14.7 Å². The smallest absolute Gasteiger partial charge is 0.239 e. The van der Waals surface area contributed by atoms with Crippen LogP contribution in [-0.2, 0) is 4.79 Å². The van der Waals surface area contributed by atoms with Crippen molar-refractivity contribution < 1.29 is 9.53 Å². The molecule has 1 aliphatic rings. The van der Waals surface area contributed by atoms with Crippen LogP contribution in [0.25, 0.3) is 5.69 Å². The summed E-state index contributed by atoms with van der Waals surface area (Å²) in [7, 11) is 1.94. The highest BCUT2D eigenvalue weighted by atomic mass is 16.5. The number of likely N-dealkylation sites (N-methyl/N-ethyl adjacent to an activating group) is 2. The first-order chi connectivity index (χ1) is 15.0. The van der Waals surface area contributed by atoms with Crippen molar-refractivity contribution in [3.05, 3.63) is 66.4 Å². The lowest BCUT2D eigenvalue weighted by molar-refractivity contribution is -0.117. The van der Waals surface area contributed by atoms with E-state index in [2.05, 4.69) is 28.3 Å².